The first-order valence-electron chi connectivity index (χ1n) is 5.52. The van der Waals surface area contributed by atoms with Gasteiger partial charge in [-0.05, 0) is 72.2 Å². The lowest BCUT2D eigenvalue weighted by Gasteiger charge is -2.10. The van der Waals surface area contributed by atoms with Crippen molar-refractivity contribution in [2.75, 3.05) is 0 Å². The number of benzene rings is 1. The highest BCUT2D eigenvalue weighted by molar-refractivity contribution is 9.10. The van der Waals surface area contributed by atoms with E-state index in [1.807, 2.05) is 27.7 Å². The summed E-state index contributed by atoms with van der Waals surface area (Å²) >= 11 is 3.28. The maximum Gasteiger partial charge on any atom is 0.473 e. The molecular formula is C12H16BrN4O+. The Kier molecular flexibility index (Phi) is 4.07. The Hall–Kier alpha value is -1.48. The molecule has 0 heterocycles. The van der Waals surface area contributed by atoms with Gasteiger partial charge in [-0.2, -0.15) is 0 Å². The van der Waals surface area contributed by atoms with Gasteiger partial charge in [0.1, 0.15) is 10.0 Å². The number of aryl methyl sites for hydroxylation is 1. The fourth-order valence-corrected chi connectivity index (χ4v) is 2.11. The van der Waals surface area contributed by atoms with E-state index < -0.39 is 5.54 Å². The molecule has 0 saturated carbocycles. The topological polar surface area (TPSA) is 66.6 Å². The van der Waals surface area contributed by atoms with E-state index in [1.165, 1.54) is 0 Å². The van der Waals surface area contributed by atoms with Gasteiger partial charge >= 0.3 is 11.4 Å². The predicted octanol–water partition coefficient (Wildman–Crippen LogP) is 4.94. The smallest absolute Gasteiger partial charge is 0.473 e. The van der Waals surface area contributed by atoms with Crippen LogP contribution in [0.5, 0.6) is 0 Å². The van der Waals surface area contributed by atoms with Crippen LogP contribution in [0.25, 0.3) is 4.98 Å². The van der Waals surface area contributed by atoms with Crippen molar-refractivity contribution in [1.82, 2.24) is 0 Å². The van der Waals surface area contributed by atoms with Gasteiger partial charge in [0.2, 0.25) is 5.39 Å². The van der Waals surface area contributed by atoms with Crippen LogP contribution in [-0.2, 0) is 0 Å². The molecule has 0 radical (unpaired) electrons. The molecule has 0 fully saturated rings. The van der Waals surface area contributed by atoms with Crippen LogP contribution < -0.4 is 0 Å². The van der Waals surface area contributed by atoms with Crippen molar-refractivity contribution in [3.63, 3.8) is 0 Å². The van der Waals surface area contributed by atoms with Gasteiger partial charge in [0.05, 0.1) is 0 Å². The van der Waals surface area contributed by atoms with Crippen molar-refractivity contribution in [3.05, 3.63) is 31.8 Å². The van der Waals surface area contributed by atoms with E-state index in [9.17, 15) is 5.21 Å². The van der Waals surface area contributed by atoms with E-state index in [-0.39, 0.29) is 11.4 Å². The van der Waals surface area contributed by atoms with E-state index in [0.29, 0.717) is 9.33 Å². The molecule has 18 heavy (non-hydrogen) atoms. The van der Waals surface area contributed by atoms with Gasteiger partial charge in [-0.3, -0.25) is 0 Å². The number of hydrogen-bond acceptors (Lipinski definition) is 3. The Morgan fingerprint density at radius 2 is 1.94 bits per heavy atom. The molecule has 0 N–H and O–H groups in total. The predicted molar refractivity (Wildman–Crippen MR) is 73.8 cm³/mol. The Bertz CT molecular complexity index is 553. The van der Waals surface area contributed by atoms with Crippen LogP contribution in [0.2, 0.25) is 0 Å². The maximum absolute atomic E-state index is 12.1. The maximum atomic E-state index is 12.1. The Morgan fingerprint density at radius 3 is 2.39 bits per heavy atom. The Balaban J connectivity index is 3.59. The number of hydrogen-bond donors (Lipinski definition) is 0. The molecule has 1 aromatic carbocycles. The molecule has 1 aromatic rings. The van der Waals surface area contributed by atoms with Gasteiger partial charge in [0, 0.05) is 5.56 Å². The lowest BCUT2D eigenvalue weighted by Crippen LogP contribution is -2.13. The summed E-state index contributed by atoms with van der Waals surface area (Å²) in [6.07, 6.45) is 0. The van der Waals surface area contributed by atoms with Gasteiger partial charge in [0.15, 0.2) is 4.98 Å². The summed E-state index contributed by atoms with van der Waals surface area (Å²) < 4.78 is 0.563. The molecule has 0 unspecified atom stereocenters. The zero-order valence-corrected chi connectivity index (χ0v) is 12.7. The molecule has 0 spiro atoms. The molecule has 96 valence electrons. The minimum atomic E-state index is -0.503. The van der Waals surface area contributed by atoms with Crippen LogP contribution in [0.3, 0.4) is 0 Å². The molecule has 5 nitrogen and oxygen atoms in total. The highest BCUT2D eigenvalue weighted by Gasteiger charge is 2.32. The average Bonchev–Trinajstić information content (AvgIpc) is 2.20. The van der Waals surface area contributed by atoms with E-state index in [2.05, 4.69) is 26.0 Å². The van der Waals surface area contributed by atoms with Crippen molar-refractivity contribution in [2.45, 2.75) is 40.2 Å². The van der Waals surface area contributed by atoms with Crippen molar-refractivity contribution < 1.29 is 4.86 Å². The average molecular weight is 312 g/mol. The first-order chi connectivity index (χ1) is 8.17. The van der Waals surface area contributed by atoms with Crippen molar-refractivity contribution in [3.8, 4) is 0 Å². The zero-order valence-electron chi connectivity index (χ0n) is 11.2. The number of azo groups is 1. The summed E-state index contributed by atoms with van der Waals surface area (Å²) in [7, 11) is 0. The molecule has 0 aliphatic carbocycles. The van der Waals surface area contributed by atoms with Crippen molar-refractivity contribution in [1.29, 1.82) is 5.39 Å². The lowest BCUT2D eigenvalue weighted by atomic mass is 10.1. The standard InChI is InChI=1S/C12H16BrN4O/c1-7-6-9(13)10(15-14)11(8(7)2)17(18)16-12(3,4)5/h6H,1-5H3/q+1. The molecule has 0 amide bonds. The summed E-state index contributed by atoms with van der Waals surface area (Å²) in [4.78, 5) is 3.70. The third-order valence-corrected chi connectivity index (χ3v) is 3.03. The van der Waals surface area contributed by atoms with Crippen molar-refractivity contribution in [2.24, 2.45) is 5.11 Å². The van der Waals surface area contributed by atoms with Crippen LogP contribution in [0.15, 0.2) is 15.7 Å². The highest BCUT2D eigenvalue weighted by Crippen LogP contribution is 2.40. The quantitative estimate of drug-likeness (QED) is 0.319. The van der Waals surface area contributed by atoms with Gasteiger partial charge in [-0.1, -0.05) is 0 Å². The van der Waals surface area contributed by atoms with Gasteiger partial charge in [0.25, 0.3) is 0 Å². The monoisotopic (exact) mass is 311 g/mol. The van der Waals surface area contributed by atoms with Crippen LogP contribution in [0, 0.1) is 24.4 Å². The van der Waals surface area contributed by atoms with Crippen LogP contribution in [0.4, 0.5) is 11.4 Å². The molecule has 0 atom stereocenters. The number of halogens is 1. The third kappa shape index (κ3) is 3.05. The molecule has 0 bridgehead atoms. The van der Waals surface area contributed by atoms with Gasteiger partial charge in [-0.15, -0.1) is 0 Å². The molecule has 6 heteroatoms. The third-order valence-electron chi connectivity index (χ3n) is 2.42. The number of nitrogens with zero attached hydrogens (tertiary/aromatic N) is 4. The van der Waals surface area contributed by atoms with E-state index in [4.69, 9.17) is 5.39 Å². The minimum absolute atomic E-state index is 0.195. The lowest BCUT2D eigenvalue weighted by molar-refractivity contribution is -0.449. The van der Waals surface area contributed by atoms with Gasteiger partial charge < -0.3 is 5.21 Å². The van der Waals surface area contributed by atoms with Crippen LogP contribution >= 0.6 is 15.9 Å². The minimum Gasteiger partial charge on any atom is -0.594 e. The Morgan fingerprint density at radius 1 is 1.39 bits per heavy atom. The molecule has 0 aliphatic rings. The summed E-state index contributed by atoms with van der Waals surface area (Å²) in [5.74, 6) is 0. The molecule has 0 aromatic heterocycles. The summed E-state index contributed by atoms with van der Waals surface area (Å²) in [6.45, 7) is 9.17. The highest BCUT2D eigenvalue weighted by atomic mass is 79.9. The first kappa shape index (κ1) is 14.6. The van der Waals surface area contributed by atoms with Crippen molar-refractivity contribution >= 4 is 27.3 Å². The summed E-state index contributed by atoms with van der Waals surface area (Å²) in [6, 6.07) is 1.80. The van der Waals surface area contributed by atoms with E-state index >= 15 is 0 Å². The van der Waals surface area contributed by atoms with E-state index in [0.717, 1.165) is 11.1 Å². The molecule has 1 rings (SSSR count). The molecular weight excluding hydrogens is 296 g/mol. The largest absolute Gasteiger partial charge is 0.594 e. The normalized spacial score (nSPS) is 12.4. The first-order valence-corrected chi connectivity index (χ1v) is 6.31. The van der Waals surface area contributed by atoms with Gasteiger partial charge in [-0.25, -0.2) is 0 Å². The van der Waals surface area contributed by atoms with E-state index in [1.54, 1.807) is 13.0 Å². The second-order valence-corrected chi connectivity index (χ2v) is 6.00. The summed E-state index contributed by atoms with van der Waals surface area (Å²) in [5, 5.41) is 25.2. The van der Waals surface area contributed by atoms with Crippen LogP contribution in [-0.4, -0.2) is 10.4 Å². The fourth-order valence-electron chi connectivity index (χ4n) is 1.50. The SMILES string of the molecule is Cc1cc(Br)c([N+]#N)c([N+]([O-])=NC(C)(C)C)c1C. The summed E-state index contributed by atoms with van der Waals surface area (Å²) in [5.41, 5.74) is 1.63. The number of diazo groups is 1. The van der Waals surface area contributed by atoms with Crippen LogP contribution in [0.1, 0.15) is 31.9 Å². The second-order valence-electron chi connectivity index (χ2n) is 5.14. The second kappa shape index (κ2) is 5.02. The fraction of sp³-hybridized carbons (Fsp3) is 0.500. The number of rotatable bonds is 1. The Labute approximate surface area is 115 Å². The molecule has 0 aliphatic heterocycles. The molecule has 0 saturated heterocycles. The zero-order chi connectivity index (χ0) is 14.1.